The highest BCUT2D eigenvalue weighted by atomic mass is 32.1. The molecule has 2 aromatic rings. The zero-order valence-corrected chi connectivity index (χ0v) is 13.2. The van der Waals surface area contributed by atoms with Gasteiger partial charge in [-0.15, -0.1) is 21.5 Å². The first-order valence-corrected chi connectivity index (χ1v) is 8.25. The summed E-state index contributed by atoms with van der Waals surface area (Å²) >= 11 is 1.62. The van der Waals surface area contributed by atoms with Crippen LogP contribution >= 0.6 is 11.3 Å². The first-order valence-electron chi connectivity index (χ1n) is 7.37. The molecule has 1 N–H and O–H groups in total. The van der Waals surface area contributed by atoms with Crippen LogP contribution in [0.5, 0.6) is 0 Å². The van der Waals surface area contributed by atoms with Crippen LogP contribution in [0.2, 0.25) is 0 Å². The van der Waals surface area contributed by atoms with Gasteiger partial charge in [-0.05, 0) is 17.9 Å². The Morgan fingerprint density at radius 1 is 1.52 bits per heavy atom. The smallest absolute Gasteiger partial charge is 0.225 e. The molecule has 112 valence electrons. The van der Waals surface area contributed by atoms with Crippen molar-refractivity contribution in [3.63, 3.8) is 0 Å². The Labute approximate surface area is 128 Å². The third kappa shape index (κ3) is 3.15. The number of aromatic nitrogens is 3. The van der Waals surface area contributed by atoms with Gasteiger partial charge in [0.05, 0.1) is 6.42 Å². The first-order chi connectivity index (χ1) is 10.1. The van der Waals surface area contributed by atoms with Crippen LogP contribution in [-0.4, -0.2) is 26.7 Å². The van der Waals surface area contributed by atoms with Gasteiger partial charge in [0, 0.05) is 29.8 Å². The molecule has 1 atom stereocenters. The number of nitrogens with one attached hydrogen (secondary N) is 1. The van der Waals surface area contributed by atoms with Crippen LogP contribution in [0.4, 0.5) is 0 Å². The molecule has 0 aliphatic carbocycles. The molecule has 3 heterocycles. The van der Waals surface area contributed by atoms with Gasteiger partial charge in [0.15, 0.2) is 0 Å². The second-order valence-corrected chi connectivity index (χ2v) is 6.83. The lowest BCUT2D eigenvalue weighted by atomic mass is 10.1. The number of amides is 1. The maximum Gasteiger partial charge on any atom is 0.225 e. The summed E-state index contributed by atoms with van der Waals surface area (Å²) in [5, 5.41) is 13.7. The minimum Gasteiger partial charge on any atom is -0.351 e. The number of aryl methyl sites for hydroxylation is 1. The van der Waals surface area contributed by atoms with E-state index in [1.165, 1.54) is 0 Å². The predicted molar refractivity (Wildman–Crippen MR) is 82.4 cm³/mol. The van der Waals surface area contributed by atoms with Gasteiger partial charge in [0.2, 0.25) is 5.91 Å². The van der Waals surface area contributed by atoms with Crippen molar-refractivity contribution in [1.82, 2.24) is 20.1 Å². The molecule has 0 aromatic carbocycles. The van der Waals surface area contributed by atoms with Gasteiger partial charge in [0.1, 0.15) is 11.6 Å². The van der Waals surface area contributed by atoms with Crippen LogP contribution < -0.4 is 5.32 Å². The van der Waals surface area contributed by atoms with E-state index in [0.29, 0.717) is 12.3 Å². The second-order valence-electron chi connectivity index (χ2n) is 5.80. The summed E-state index contributed by atoms with van der Waals surface area (Å²) in [6.45, 7) is 5.03. The minimum absolute atomic E-state index is 0.102. The lowest BCUT2D eigenvalue weighted by Crippen LogP contribution is -2.42. The summed E-state index contributed by atoms with van der Waals surface area (Å²) in [5.41, 5.74) is 0. The number of rotatable bonds is 4. The monoisotopic (exact) mass is 304 g/mol. The van der Waals surface area contributed by atoms with Crippen molar-refractivity contribution < 1.29 is 4.79 Å². The molecule has 0 bridgehead atoms. The van der Waals surface area contributed by atoms with Crippen molar-refractivity contribution >= 4 is 17.2 Å². The predicted octanol–water partition coefficient (Wildman–Crippen LogP) is 2.14. The number of hydrogen-bond donors (Lipinski definition) is 1. The van der Waals surface area contributed by atoms with Gasteiger partial charge in [-0.1, -0.05) is 19.9 Å². The van der Waals surface area contributed by atoms with Crippen molar-refractivity contribution in [3.8, 4) is 0 Å². The highest BCUT2D eigenvalue weighted by Gasteiger charge is 2.24. The van der Waals surface area contributed by atoms with E-state index in [1.54, 1.807) is 11.3 Å². The molecule has 1 aliphatic rings. The largest absolute Gasteiger partial charge is 0.351 e. The highest BCUT2D eigenvalue weighted by Crippen LogP contribution is 2.20. The normalized spacial score (nSPS) is 17.8. The molecule has 21 heavy (non-hydrogen) atoms. The summed E-state index contributed by atoms with van der Waals surface area (Å²) in [6.07, 6.45) is 2.29. The lowest BCUT2D eigenvalue weighted by Gasteiger charge is -2.25. The van der Waals surface area contributed by atoms with E-state index >= 15 is 0 Å². The highest BCUT2D eigenvalue weighted by molar-refractivity contribution is 7.10. The van der Waals surface area contributed by atoms with E-state index in [4.69, 9.17) is 0 Å². The van der Waals surface area contributed by atoms with Crippen molar-refractivity contribution in [2.45, 2.75) is 51.6 Å². The zero-order chi connectivity index (χ0) is 14.8. The molecule has 0 saturated heterocycles. The maximum absolute atomic E-state index is 12.1. The van der Waals surface area contributed by atoms with Crippen LogP contribution in [0.1, 0.15) is 42.7 Å². The second kappa shape index (κ2) is 5.97. The van der Waals surface area contributed by atoms with Crippen molar-refractivity contribution in [2.75, 3.05) is 0 Å². The van der Waals surface area contributed by atoms with E-state index in [-0.39, 0.29) is 11.9 Å². The number of carbonyl (C=O) groups excluding carboxylic acids is 1. The Bertz CT molecular complexity index is 618. The van der Waals surface area contributed by atoms with Gasteiger partial charge in [-0.3, -0.25) is 4.79 Å². The fraction of sp³-hybridized carbons (Fsp3) is 0.533. The maximum atomic E-state index is 12.1. The Morgan fingerprint density at radius 3 is 3.10 bits per heavy atom. The van der Waals surface area contributed by atoms with Gasteiger partial charge in [0.25, 0.3) is 0 Å². The topological polar surface area (TPSA) is 59.8 Å². The third-order valence-corrected chi connectivity index (χ3v) is 4.65. The molecule has 2 aromatic heterocycles. The standard InChI is InChI=1S/C15H20N4OS/c1-10(2)15-18-17-13-6-5-11(9-19(13)15)16-14(20)8-12-4-3-7-21-12/h3-4,7,10-11H,5-6,8-9H2,1-2H3,(H,16,20)/t11-/m1/s1. The van der Waals surface area contributed by atoms with E-state index in [2.05, 4.69) is 33.9 Å². The van der Waals surface area contributed by atoms with Gasteiger partial charge < -0.3 is 9.88 Å². The van der Waals surface area contributed by atoms with Crippen LogP contribution in [0.25, 0.3) is 0 Å². The number of fused-ring (bicyclic) bond motifs is 1. The molecular weight excluding hydrogens is 284 g/mol. The Kier molecular flexibility index (Phi) is 4.05. The minimum atomic E-state index is 0.102. The summed E-state index contributed by atoms with van der Waals surface area (Å²) in [5.74, 6) is 2.52. The number of nitrogens with zero attached hydrogens (tertiary/aromatic N) is 3. The van der Waals surface area contributed by atoms with E-state index < -0.39 is 0 Å². The number of carbonyl (C=O) groups is 1. The van der Waals surface area contributed by atoms with E-state index in [0.717, 1.165) is 35.9 Å². The molecule has 5 nitrogen and oxygen atoms in total. The molecule has 0 fully saturated rings. The first kappa shape index (κ1) is 14.3. The molecule has 3 rings (SSSR count). The third-order valence-electron chi connectivity index (χ3n) is 3.77. The van der Waals surface area contributed by atoms with Gasteiger partial charge in [-0.2, -0.15) is 0 Å². The van der Waals surface area contributed by atoms with Crippen molar-refractivity contribution in [3.05, 3.63) is 34.0 Å². The summed E-state index contributed by atoms with van der Waals surface area (Å²) < 4.78 is 2.17. The van der Waals surface area contributed by atoms with Crippen molar-refractivity contribution in [1.29, 1.82) is 0 Å². The molecule has 1 amide bonds. The van der Waals surface area contributed by atoms with E-state index in [1.807, 2.05) is 17.5 Å². The average molecular weight is 304 g/mol. The molecule has 1 aliphatic heterocycles. The Morgan fingerprint density at radius 2 is 2.38 bits per heavy atom. The molecule has 0 radical (unpaired) electrons. The quantitative estimate of drug-likeness (QED) is 0.941. The number of hydrogen-bond acceptors (Lipinski definition) is 4. The number of thiophene rings is 1. The summed E-state index contributed by atoms with van der Waals surface area (Å²) in [4.78, 5) is 13.2. The van der Waals surface area contributed by atoms with Crippen LogP contribution in [0.15, 0.2) is 17.5 Å². The molecule has 0 saturated carbocycles. The fourth-order valence-electron chi connectivity index (χ4n) is 2.74. The van der Waals surface area contributed by atoms with Crippen LogP contribution in [-0.2, 0) is 24.2 Å². The van der Waals surface area contributed by atoms with Crippen LogP contribution in [0, 0.1) is 0 Å². The molecular formula is C15H20N4OS. The zero-order valence-electron chi connectivity index (χ0n) is 12.4. The van der Waals surface area contributed by atoms with Gasteiger partial charge >= 0.3 is 0 Å². The molecule has 6 heteroatoms. The SMILES string of the molecule is CC(C)c1nnc2n1C[C@H](NC(=O)Cc1cccs1)CC2. The molecule has 0 unspecified atom stereocenters. The summed E-state index contributed by atoms with van der Waals surface area (Å²) in [6, 6.07) is 4.16. The Balaban J connectivity index is 1.63. The summed E-state index contributed by atoms with van der Waals surface area (Å²) in [7, 11) is 0. The van der Waals surface area contributed by atoms with Crippen LogP contribution in [0.3, 0.4) is 0 Å². The van der Waals surface area contributed by atoms with Crippen molar-refractivity contribution in [2.24, 2.45) is 0 Å². The lowest BCUT2D eigenvalue weighted by molar-refractivity contribution is -0.121. The van der Waals surface area contributed by atoms with E-state index in [9.17, 15) is 4.79 Å². The fourth-order valence-corrected chi connectivity index (χ4v) is 3.45. The Hall–Kier alpha value is -1.69. The molecule has 0 spiro atoms. The van der Waals surface area contributed by atoms with Gasteiger partial charge in [-0.25, -0.2) is 0 Å². The average Bonchev–Trinajstić information content (AvgIpc) is 3.06.